The number of halogens is 2. The average Bonchev–Trinajstić information content (AvgIpc) is 2.70. The molecule has 0 saturated carbocycles. The number of hydrogen-bond acceptors (Lipinski definition) is 3. The predicted molar refractivity (Wildman–Crippen MR) is 71.1 cm³/mol. The molecule has 1 aromatic carbocycles. The number of aliphatic hydroxyl groups excluding tert-OH is 1. The molecule has 2 unspecified atom stereocenters. The number of hydrogen-bond donors (Lipinski definition) is 1. The number of anilines is 1. The van der Waals surface area contributed by atoms with Gasteiger partial charge in [-0.1, -0.05) is 6.92 Å². The number of aliphatic hydroxyl groups is 1. The highest BCUT2D eigenvalue weighted by atomic mass is 19.1. The lowest BCUT2D eigenvalue weighted by atomic mass is 10.1. The van der Waals surface area contributed by atoms with E-state index in [-0.39, 0.29) is 23.9 Å². The average molecular weight is 270 g/mol. The van der Waals surface area contributed by atoms with Crippen molar-refractivity contribution >= 4 is 5.69 Å². The van der Waals surface area contributed by atoms with Crippen LogP contribution in [0, 0.1) is 17.6 Å². The lowest BCUT2D eigenvalue weighted by Crippen LogP contribution is -2.34. The van der Waals surface area contributed by atoms with E-state index in [0.717, 1.165) is 0 Å². The van der Waals surface area contributed by atoms with Gasteiger partial charge in [-0.15, -0.1) is 0 Å². The molecule has 1 aliphatic heterocycles. The minimum absolute atomic E-state index is 0.0217. The second-order valence-corrected chi connectivity index (χ2v) is 5.48. The first-order valence-corrected chi connectivity index (χ1v) is 6.44. The number of nitrogens with zero attached hydrogens (tertiary/aromatic N) is 2. The first-order valence-electron chi connectivity index (χ1n) is 6.44. The number of benzene rings is 1. The van der Waals surface area contributed by atoms with E-state index in [1.165, 1.54) is 12.1 Å². The molecule has 1 N–H and O–H groups in total. The van der Waals surface area contributed by atoms with E-state index in [0.29, 0.717) is 19.0 Å². The summed E-state index contributed by atoms with van der Waals surface area (Å²) in [5.74, 6) is -0.849. The lowest BCUT2D eigenvalue weighted by Gasteiger charge is -2.23. The molecule has 106 valence electrons. The first-order chi connectivity index (χ1) is 8.93. The van der Waals surface area contributed by atoms with Gasteiger partial charge in [-0.25, -0.2) is 8.78 Å². The summed E-state index contributed by atoms with van der Waals surface area (Å²) in [6.07, 6.45) is 0. The maximum atomic E-state index is 14.0. The van der Waals surface area contributed by atoms with Crippen LogP contribution in [0.4, 0.5) is 14.5 Å². The molecular weight excluding hydrogens is 250 g/mol. The van der Waals surface area contributed by atoms with Crippen LogP contribution < -0.4 is 4.90 Å². The van der Waals surface area contributed by atoms with Crippen molar-refractivity contribution in [3.8, 4) is 0 Å². The van der Waals surface area contributed by atoms with Gasteiger partial charge >= 0.3 is 0 Å². The minimum atomic E-state index is -0.601. The normalized spacial score (nSPS) is 23.4. The fraction of sp³-hybridized carbons (Fsp3) is 0.571. The first kappa shape index (κ1) is 14.2. The van der Waals surface area contributed by atoms with Crippen LogP contribution in [0.1, 0.15) is 12.5 Å². The van der Waals surface area contributed by atoms with Crippen LogP contribution in [-0.4, -0.2) is 43.2 Å². The largest absolute Gasteiger partial charge is 0.392 e. The van der Waals surface area contributed by atoms with Crippen LogP contribution in [0.5, 0.6) is 0 Å². The van der Waals surface area contributed by atoms with Crippen molar-refractivity contribution in [2.24, 2.45) is 5.92 Å². The van der Waals surface area contributed by atoms with Crippen molar-refractivity contribution < 1.29 is 13.9 Å². The van der Waals surface area contributed by atoms with E-state index in [4.69, 9.17) is 5.11 Å². The molecule has 2 atom stereocenters. The van der Waals surface area contributed by atoms with E-state index in [1.807, 2.05) is 14.1 Å². The minimum Gasteiger partial charge on any atom is -0.392 e. The van der Waals surface area contributed by atoms with Crippen molar-refractivity contribution in [3.63, 3.8) is 0 Å². The van der Waals surface area contributed by atoms with Crippen molar-refractivity contribution in [1.82, 2.24) is 4.90 Å². The van der Waals surface area contributed by atoms with Gasteiger partial charge in [-0.3, -0.25) is 0 Å². The Morgan fingerprint density at radius 3 is 2.26 bits per heavy atom. The summed E-state index contributed by atoms with van der Waals surface area (Å²) in [4.78, 5) is 3.84. The standard InChI is InChI=1S/C14H20F2N2O/c1-9-6-18(7-13(9)17(2)3)14-11(15)4-10(8-19)5-12(14)16/h4-5,9,13,19H,6-8H2,1-3H3. The van der Waals surface area contributed by atoms with Gasteiger partial charge in [0.2, 0.25) is 0 Å². The molecule has 0 aromatic heterocycles. The third-order valence-corrected chi connectivity index (χ3v) is 3.81. The van der Waals surface area contributed by atoms with Crippen LogP contribution in [-0.2, 0) is 6.61 Å². The zero-order valence-corrected chi connectivity index (χ0v) is 11.5. The second-order valence-electron chi connectivity index (χ2n) is 5.48. The molecule has 3 nitrogen and oxygen atoms in total. The van der Waals surface area contributed by atoms with Crippen LogP contribution in [0.3, 0.4) is 0 Å². The summed E-state index contributed by atoms with van der Waals surface area (Å²) < 4.78 is 28.0. The van der Waals surface area contributed by atoms with Gasteiger partial charge in [0.05, 0.1) is 6.61 Å². The molecule has 5 heteroatoms. The smallest absolute Gasteiger partial charge is 0.149 e. The fourth-order valence-corrected chi connectivity index (χ4v) is 2.82. The zero-order chi connectivity index (χ0) is 14.2. The molecule has 0 spiro atoms. The highest BCUT2D eigenvalue weighted by Crippen LogP contribution is 2.31. The predicted octanol–water partition coefficient (Wildman–Crippen LogP) is 1.84. The number of rotatable bonds is 3. The molecule has 0 amide bonds. The molecule has 0 aliphatic carbocycles. The molecule has 1 aliphatic rings. The van der Waals surface area contributed by atoms with E-state index < -0.39 is 11.6 Å². The van der Waals surface area contributed by atoms with Crippen LogP contribution >= 0.6 is 0 Å². The molecule has 1 aromatic rings. The van der Waals surface area contributed by atoms with Gasteiger partial charge in [0.15, 0.2) is 0 Å². The molecule has 19 heavy (non-hydrogen) atoms. The monoisotopic (exact) mass is 270 g/mol. The second kappa shape index (κ2) is 5.43. The van der Waals surface area contributed by atoms with E-state index in [2.05, 4.69) is 11.8 Å². The molecule has 1 fully saturated rings. The Kier molecular flexibility index (Phi) is 4.06. The Balaban J connectivity index is 2.29. The van der Waals surface area contributed by atoms with Crippen molar-refractivity contribution in [2.75, 3.05) is 32.1 Å². The Hall–Kier alpha value is -1.20. The Morgan fingerprint density at radius 1 is 1.26 bits per heavy atom. The maximum Gasteiger partial charge on any atom is 0.149 e. The van der Waals surface area contributed by atoms with E-state index in [9.17, 15) is 8.78 Å². The molecule has 0 bridgehead atoms. The van der Waals surface area contributed by atoms with Gasteiger partial charge in [0.25, 0.3) is 0 Å². The van der Waals surface area contributed by atoms with Crippen LogP contribution in [0.25, 0.3) is 0 Å². The third-order valence-electron chi connectivity index (χ3n) is 3.81. The fourth-order valence-electron chi connectivity index (χ4n) is 2.82. The van der Waals surface area contributed by atoms with Gasteiger partial charge in [0, 0.05) is 19.1 Å². The van der Waals surface area contributed by atoms with Gasteiger partial charge in [-0.05, 0) is 37.7 Å². The van der Waals surface area contributed by atoms with Gasteiger partial charge < -0.3 is 14.9 Å². The van der Waals surface area contributed by atoms with Crippen molar-refractivity contribution in [1.29, 1.82) is 0 Å². The lowest BCUT2D eigenvalue weighted by molar-refractivity contribution is 0.266. The highest BCUT2D eigenvalue weighted by Gasteiger charge is 2.33. The molecule has 1 saturated heterocycles. The van der Waals surface area contributed by atoms with Gasteiger partial charge in [0.1, 0.15) is 17.3 Å². The molecule has 1 heterocycles. The Morgan fingerprint density at radius 2 is 1.84 bits per heavy atom. The summed E-state index contributed by atoms with van der Waals surface area (Å²) in [5, 5.41) is 8.95. The maximum absolute atomic E-state index is 14.0. The highest BCUT2D eigenvalue weighted by molar-refractivity contribution is 5.52. The zero-order valence-electron chi connectivity index (χ0n) is 11.5. The van der Waals surface area contributed by atoms with Crippen molar-refractivity contribution in [2.45, 2.75) is 19.6 Å². The topological polar surface area (TPSA) is 26.7 Å². The van der Waals surface area contributed by atoms with Gasteiger partial charge in [-0.2, -0.15) is 0 Å². The summed E-state index contributed by atoms with van der Waals surface area (Å²) in [7, 11) is 3.96. The quantitative estimate of drug-likeness (QED) is 0.908. The van der Waals surface area contributed by atoms with Crippen molar-refractivity contribution in [3.05, 3.63) is 29.3 Å². The SMILES string of the molecule is CC1CN(c2c(F)cc(CO)cc2F)CC1N(C)C. The molecule has 2 rings (SSSR count). The Bertz CT molecular complexity index is 442. The summed E-state index contributed by atoms with van der Waals surface area (Å²) in [5.41, 5.74) is 0.281. The summed E-state index contributed by atoms with van der Waals surface area (Å²) in [6.45, 7) is 2.98. The van der Waals surface area contributed by atoms with E-state index >= 15 is 0 Å². The van der Waals surface area contributed by atoms with Crippen LogP contribution in [0.2, 0.25) is 0 Å². The molecular formula is C14H20F2N2O. The van der Waals surface area contributed by atoms with Crippen LogP contribution in [0.15, 0.2) is 12.1 Å². The summed E-state index contributed by atoms with van der Waals surface area (Å²) >= 11 is 0. The van der Waals surface area contributed by atoms with E-state index in [1.54, 1.807) is 4.90 Å². The molecule has 0 radical (unpaired) electrons. The Labute approximate surface area is 112 Å². The summed E-state index contributed by atoms with van der Waals surface area (Å²) in [6, 6.07) is 2.69. The number of likely N-dealkylation sites (N-methyl/N-ethyl adjacent to an activating group) is 1. The third kappa shape index (κ3) is 2.72.